The summed E-state index contributed by atoms with van der Waals surface area (Å²) in [5, 5.41) is 10.7. The van der Waals surface area contributed by atoms with E-state index in [2.05, 4.69) is 15.5 Å². The molecule has 5 nitrogen and oxygen atoms in total. The largest absolute Gasteiger partial charge is 0.314 e. The molecule has 3 rings (SSSR count). The molecule has 3 heterocycles. The monoisotopic (exact) mass is 232 g/mol. The van der Waals surface area contributed by atoms with Crippen LogP contribution in [-0.2, 0) is 6.42 Å². The topological polar surface area (TPSA) is 62.2 Å². The van der Waals surface area contributed by atoms with Crippen LogP contribution in [0.25, 0.3) is 5.65 Å². The first-order valence-electron chi connectivity index (χ1n) is 6.12. The summed E-state index contributed by atoms with van der Waals surface area (Å²) >= 11 is 0. The van der Waals surface area contributed by atoms with Crippen molar-refractivity contribution in [1.82, 2.24) is 19.9 Å². The van der Waals surface area contributed by atoms with Crippen molar-refractivity contribution in [2.45, 2.75) is 31.7 Å². The minimum Gasteiger partial charge on any atom is -0.314 e. The second-order valence-corrected chi connectivity index (χ2v) is 4.61. The van der Waals surface area contributed by atoms with E-state index in [-0.39, 0.29) is 5.43 Å². The van der Waals surface area contributed by atoms with Crippen LogP contribution in [0.1, 0.15) is 25.1 Å². The lowest BCUT2D eigenvalue weighted by Gasteiger charge is -2.22. The predicted molar refractivity (Wildman–Crippen MR) is 65.2 cm³/mol. The standard InChI is InChI=1S/C12H16N4O/c17-10-4-6-16-11(14-15-12(16)8-10)7-9-3-1-2-5-13-9/h4,6,8-9,13,15H,1-3,5,7H2. The highest BCUT2D eigenvalue weighted by Crippen LogP contribution is 2.12. The van der Waals surface area contributed by atoms with Crippen molar-refractivity contribution < 1.29 is 0 Å². The zero-order valence-electron chi connectivity index (χ0n) is 9.65. The van der Waals surface area contributed by atoms with Gasteiger partial charge in [0.25, 0.3) is 0 Å². The summed E-state index contributed by atoms with van der Waals surface area (Å²) < 4.78 is 1.96. The molecule has 2 aromatic heterocycles. The lowest BCUT2D eigenvalue weighted by Crippen LogP contribution is -2.36. The van der Waals surface area contributed by atoms with Gasteiger partial charge in [0.2, 0.25) is 0 Å². The van der Waals surface area contributed by atoms with Gasteiger partial charge in [0.1, 0.15) is 11.5 Å². The number of pyridine rings is 1. The Morgan fingerprint density at radius 2 is 2.41 bits per heavy atom. The van der Waals surface area contributed by atoms with Crippen LogP contribution < -0.4 is 10.7 Å². The van der Waals surface area contributed by atoms with Crippen LogP contribution in [0.5, 0.6) is 0 Å². The molecule has 0 aliphatic carbocycles. The second-order valence-electron chi connectivity index (χ2n) is 4.61. The minimum atomic E-state index is 0.0102. The van der Waals surface area contributed by atoms with Gasteiger partial charge in [-0.25, -0.2) is 0 Å². The third-order valence-electron chi connectivity index (χ3n) is 3.35. The third kappa shape index (κ3) is 2.10. The van der Waals surface area contributed by atoms with Crippen LogP contribution in [0.15, 0.2) is 23.1 Å². The van der Waals surface area contributed by atoms with Crippen molar-refractivity contribution in [2.24, 2.45) is 0 Å². The first-order chi connectivity index (χ1) is 8.33. The SMILES string of the molecule is O=c1ccn2c(CC3CCCCN3)n[nH]c2c1. The quantitative estimate of drug-likeness (QED) is 0.801. The molecule has 0 bridgehead atoms. The van der Waals surface area contributed by atoms with Crippen molar-refractivity contribution in [3.63, 3.8) is 0 Å². The average molecular weight is 232 g/mol. The maximum atomic E-state index is 11.2. The normalized spacial score (nSPS) is 20.8. The average Bonchev–Trinajstić information content (AvgIpc) is 2.73. The number of hydrogen-bond donors (Lipinski definition) is 2. The molecule has 2 aromatic rings. The fraction of sp³-hybridized carbons (Fsp3) is 0.500. The zero-order chi connectivity index (χ0) is 11.7. The Bertz CT molecular complexity index is 565. The van der Waals surface area contributed by atoms with Gasteiger partial charge in [0.05, 0.1) is 0 Å². The van der Waals surface area contributed by atoms with Crippen molar-refractivity contribution in [3.05, 3.63) is 34.4 Å². The maximum absolute atomic E-state index is 11.2. The van der Waals surface area contributed by atoms with Gasteiger partial charge >= 0.3 is 0 Å². The van der Waals surface area contributed by atoms with Crippen molar-refractivity contribution in [2.75, 3.05) is 6.54 Å². The van der Waals surface area contributed by atoms with Gasteiger partial charge in [-0.1, -0.05) is 6.42 Å². The highest BCUT2D eigenvalue weighted by Gasteiger charge is 2.15. The van der Waals surface area contributed by atoms with Gasteiger partial charge in [-0.2, -0.15) is 5.10 Å². The number of rotatable bonds is 2. The smallest absolute Gasteiger partial charge is 0.183 e. The van der Waals surface area contributed by atoms with Crippen LogP contribution in [0, 0.1) is 0 Å². The Balaban J connectivity index is 1.87. The van der Waals surface area contributed by atoms with Gasteiger partial charge in [-0.3, -0.25) is 14.3 Å². The molecule has 1 aliphatic rings. The summed E-state index contributed by atoms with van der Waals surface area (Å²) in [5.41, 5.74) is 0.777. The number of nitrogens with zero attached hydrogens (tertiary/aromatic N) is 2. The number of hydrogen-bond acceptors (Lipinski definition) is 3. The van der Waals surface area contributed by atoms with E-state index in [1.807, 2.05) is 4.40 Å². The molecule has 0 aromatic carbocycles. The van der Waals surface area contributed by atoms with Crippen LogP contribution in [0.4, 0.5) is 0 Å². The molecule has 1 atom stereocenters. The van der Waals surface area contributed by atoms with Gasteiger partial charge in [0, 0.05) is 30.8 Å². The lowest BCUT2D eigenvalue weighted by molar-refractivity contribution is 0.393. The molecular weight excluding hydrogens is 216 g/mol. The van der Waals surface area contributed by atoms with Gasteiger partial charge in [-0.15, -0.1) is 0 Å². The summed E-state index contributed by atoms with van der Waals surface area (Å²) in [5.74, 6) is 0.986. The van der Waals surface area contributed by atoms with E-state index >= 15 is 0 Å². The number of aromatic amines is 1. The maximum Gasteiger partial charge on any atom is 0.183 e. The Morgan fingerprint density at radius 3 is 3.24 bits per heavy atom. The molecule has 2 N–H and O–H groups in total. The second kappa shape index (κ2) is 4.33. The predicted octanol–water partition coefficient (Wildman–Crippen LogP) is 0.707. The van der Waals surface area contributed by atoms with Crippen LogP contribution >= 0.6 is 0 Å². The van der Waals surface area contributed by atoms with Gasteiger partial charge in [-0.05, 0) is 19.4 Å². The molecule has 0 radical (unpaired) electrons. The summed E-state index contributed by atoms with van der Waals surface area (Å²) in [6.07, 6.45) is 6.46. The van der Waals surface area contributed by atoms with Crippen molar-refractivity contribution in [1.29, 1.82) is 0 Å². The van der Waals surface area contributed by atoms with Crippen LogP contribution in [-0.4, -0.2) is 27.2 Å². The molecule has 0 saturated carbocycles. The van der Waals surface area contributed by atoms with E-state index in [1.165, 1.54) is 19.3 Å². The first-order valence-corrected chi connectivity index (χ1v) is 6.12. The summed E-state index contributed by atoms with van der Waals surface area (Å²) in [4.78, 5) is 11.2. The van der Waals surface area contributed by atoms with Gasteiger partial charge < -0.3 is 5.32 Å². The Hall–Kier alpha value is -1.62. The molecule has 5 heteroatoms. The summed E-state index contributed by atoms with van der Waals surface area (Å²) in [6.45, 7) is 1.10. The molecule has 0 amide bonds. The fourth-order valence-corrected chi connectivity index (χ4v) is 2.43. The number of aromatic nitrogens is 3. The first kappa shape index (κ1) is 10.5. The van der Waals surface area contributed by atoms with Crippen molar-refractivity contribution >= 4 is 5.65 Å². The highest BCUT2D eigenvalue weighted by atomic mass is 16.1. The minimum absolute atomic E-state index is 0.0102. The van der Waals surface area contributed by atoms with Gasteiger partial charge in [0.15, 0.2) is 5.43 Å². The van der Waals surface area contributed by atoms with E-state index in [0.29, 0.717) is 6.04 Å². The Kier molecular flexibility index (Phi) is 2.68. The number of nitrogens with one attached hydrogen (secondary N) is 2. The van der Waals surface area contributed by atoms with E-state index in [9.17, 15) is 4.79 Å². The molecule has 1 aliphatic heterocycles. The number of piperidine rings is 1. The Morgan fingerprint density at radius 1 is 1.47 bits per heavy atom. The molecule has 90 valence electrons. The third-order valence-corrected chi connectivity index (χ3v) is 3.35. The van der Waals surface area contributed by atoms with E-state index in [4.69, 9.17) is 0 Å². The zero-order valence-corrected chi connectivity index (χ0v) is 9.65. The lowest BCUT2D eigenvalue weighted by atomic mass is 10.0. The summed E-state index contributed by atoms with van der Waals surface area (Å²) in [6, 6.07) is 3.65. The molecule has 1 unspecified atom stereocenters. The van der Waals surface area contributed by atoms with Crippen molar-refractivity contribution in [3.8, 4) is 0 Å². The number of fused-ring (bicyclic) bond motifs is 1. The molecule has 1 saturated heterocycles. The highest BCUT2D eigenvalue weighted by molar-refractivity contribution is 5.37. The fourth-order valence-electron chi connectivity index (χ4n) is 2.43. The van der Waals surface area contributed by atoms with Crippen LogP contribution in [0.2, 0.25) is 0 Å². The molecule has 0 spiro atoms. The Labute approximate surface area is 98.9 Å². The molecular formula is C12H16N4O. The van der Waals surface area contributed by atoms with Crippen LogP contribution in [0.3, 0.4) is 0 Å². The van der Waals surface area contributed by atoms with E-state index in [1.54, 1.807) is 18.3 Å². The number of H-pyrrole nitrogens is 1. The molecule has 1 fully saturated rings. The van der Waals surface area contributed by atoms with E-state index < -0.39 is 0 Å². The summed E-state index contributed by atoms with van der Waals surface area (Å²) in [7, 11) is 0. The molecule has 17 heavy (non-hydrogen) atoms. The van der Waals surface area contributed by atoms with E-state index in [0.717, 1.165) is 24.4 Å².